The highest BCUT2D eigenvalue weighted by Crippen LogP contribution is 2.46. The van der Waals surface area contributed by atoms with Gasteiger partial charge in [-0.3, -0.25) is 9.59 Å². The first kappa shape index (κ1) is 10.9. The van der Waals surface area contributed by atoms with Crippen LogP contribution in [0.4, 0.5) is 0 Å². The van der Waals surface area contributed by atoms with Crippen LogP contribution in [0.5, 0.6) is 0 Å². The van der Waals surface area contributed by atoms with Gasteiger partial charge < -0.3 is 9.84 Å². The number of allylic oxidation sites excluding steroid dienone is 3. The Hall–Kier alpha value is -1.94. The molecule has 4 rings (SSSR count). The number of hydrogen-bond acceptors (Lipinski definition) is 4. The van der Waals surface area contributed by atoms with Gasteiger partial charge in [0, 0.05) is 23.6 Å². The fourth-order valence-electron chi connectivity index (χ4n) is 3.40. The van der Waals surface area contributed by atoms with E-state index in [1.165, 1.54) is 5.57 Å². The molecule has 0 amide bonds. The van der Waals surface area contributed by atoms with E-state index in [2.05, 4.69) is 6.08 Å². The van der Waals surface area contributed by atoms with Gasteiger partial charge in [-0.25, -0.2) is 0 Å². The average Bonchev–Trinajstić information content (AvgIpc) is 2.82. The minimum absolute atomic E-state index is 0.0813. The fourth-order valence-corrected chi connectivity index (χ4v) is 3.40. The Morgan fingerprint density at radius 1 is 1.26 bits per heavy atom. The van der Waals surface area contributed by atoms with Crippen LogP contribution in [0.3, 0.4) is 0 Å². The molecule has 1 N–H and O–H groups in total. The molecule has 0 spiro atoms. The van der Waals surface area contributed by atoms with Gasteiger partial charge in [0.15, 0.2) is 0 Å². The number of aliphatic hydroxyl groups is 1. The number of aliphatic hydroxyl groups excluding tert-OH is 1. The van der Waals surface area contributed by atoms with Crippen LogP contribution in [0.25, 0.3) is 0 Å². The second-order valence-corrected chi connectivity index (χ2v) is 5.27. The lowest BCUT2D eigenvalue weighted by Crippen LogP contribution is -2.33. The molecule has 0 fully saturated rings. The molecule has 4 heteroatoms. The van der Waals surface area contributed by atoms with Crippen LogP contribution in [0.15, 0.2) is 45.8 Å². The highest BCUT2D eigenvalue weighted by Gasteiger charge is 2.44. The molecule has 1 aliphatic heterocycles. The normalized spacial score (nSPS) is 29.2. The molecule has 0 saturated heterocycles. The van der Waals surface area contributed by atoms with Gasteiger partial charge in [0.25, 0.3) is 0 Å². The van der Waals surface area contributed by atoms with Crippen molar-refractivity contribution in [3.05, 3.63) is 45.8 Å². The number of carbonyl (C=O) groups excluding carboxylic acids is 2. The molecule has 1 atom stereocenters. The van der Waals surface area contributed by atoms with Gasteiger partial charge >= 0.3 is 0 Å². The van der Waals surface area contributed by atoms with Crippen LogP contribution in [-0.2, 0) is 14.3 Å². The first-order valence-electron chi connectivity index (χ1n) is 6.42. The number of hydrogen-bond donors (Lipinski definition) is 1. The van der Waals surface area contributed by atoms with E-state index in [0.717, 1.165) is 30.1 Å². The molecule has 0 aromatic rings. The maximum atomic E-state index is 12.1. The summed E-state index contributed by atoms with van der Waals surface area (Å²) in [4.78, 5) is 23.7. The van der Waals surface area contributed by atoms with E-state index in [-0.39, 0.29) is 5.76 Å². The lowest BCUT2D eigenvalue weighted by molar-refractivity contribution is -0.132. The van der Waals surface area contributed by atoms with Gasteiger partial charge in [0.05, 0.1) is 6.61 Å². The number of ether oxygens (including phenoxy) is 1. The predicted molar refractivity (Wildman–Crippen MR) is 66.5 cm³/mol. The van der Waals surface area contributed by atoms with Gasteiger partial charge in [-0.15, -0.1) is 0 Å². The first-order valence-corrected chi connectivity index (χ1v) is 6.42. The van der Waals surface area contributed by atoms with E-state index in [9.17, 15) is 14.7 Å². The quantitative estimate of drug-likeness (QED) is 0.529. The third-order valence-corrected chi connectivity index (χ3v) is 4.25. The molecular formula is C15H12O4. The number of Topliss-reactive ketones (excluding diaryl/α,β-unsaturated/α-hetero) is 1. The summed E-state index contributed by atoms with van der Waals surface area (Å²) >= 11 is 0. The number of carbonyl (C=O) groups is 2. The zero-order chi connectivity index (χ0) is 13.1. The molecule has 4 nitrogen and oxygen atoms in total. The lowest BCUT2D eigenvalue weighted by Gasteiger charge is -2.31. The van der Waals surface area contributed by atoms with Crippen molar-refractivity contribution in [2.75, 3.05) is 6.61 Å². The SMILES string of the molecule is O=C1C=C(O)C2=C(C1=O)C1OCC3=C1C(=CCC3)C2. The van der Waals surface area contributed by atoms with Crippen molar-refractivity contribution in [3.8, 4) is 0 Å². The summed E-state index contributed by atoms with van der Waals surface area (Å²) in [5, 5.41) is 9.94. The minimum atomic E-state index is -0.655. The summed E-state index contributed by atoms with van der Waals surface area (Å²) in [6.45, 7) is 0.528. The van der Waals surface area contributed by atoms with Crippen molar-refractivity contribution in [1.29, 1.82) is 0 Å². The van der Waals surface area contributed by atoms with Crippen LogP contribution < -0.4 is 0 Å². The molecule has 0 radical (unpaired) electrons. The van der Waals surface area contributed by atoms with Gasteiger partial charge in [0.1, 0.15) is 11.9 Å². The van der Waals surface area contributed by atoms with Gasteiger partial charge in [-0.05, 0) is 29.6 Å². The van der Waals surface area contributed by atoms with Crippen molar-refractivity contribution < 1.29 is 19.4 Å². The van der Waals surface area contributed by atoms with Crippen LogP contribution in [0, 0.1) is 0 Å². The van der Waals surface area contributed by atoms with Crippen LogP contribution in [-0.4, -0.2) is 29.4 Å². The third kappa shape index (κ3) is 1.32. The summed E-state index contributed by atoms with van der Waals surface area (Å²) in [6.07, 6.45) is 5.19. The van der Waals surface area contributed by atoms with E-state index in [4.69, 9.17) is 4.74 Å². The molecule has 1 unspecified atom stereocenters. The second-order valence-electron chi connectivity index (χ2n) is 5.27. The monoisotopic (exact) mass is 256 g/mol. The van der Waals surface area contributed by atoms with Crippen LogP contribution >= 0.6 is 0 Å². The molecule has 3 aliphatic carbocycles. The average molecular weight is 256 g/mol. The Labute approximate surface area is 109 Å². The first-order chi connectivity index (χ1) is 9.16. The van der Waals surface area contributed by atoms with E-state index in [0.29, 0.717) is 24.2 Å². The Morgan fingerprint density at radius 3 is 2.95 bits per heavy atom. The summed E-state index contributed by atoms with van der Waals surface area (Å²) in [6, 6.07) is 0. The number of ketones is 2. The molecule has 0 aromatic heterocycles. The molecule has 19 heavy (non-hydrogen) atoms. The van der Waals surface area contributed by atoms with E-state index in [1.807, 2.05) is 0 Å². The molecule has 0 bridgehead atoms. The lowest BCUT2D eigenvalue weighted by atomic mass is 9.74. The topological polar surface area (TPSA) is 63.6 Å². The molecule has 1 heterocycles. The summed E-state index contributed by atoms with van der Waals surface area (Å²) in [5.41, 5.74) is 4.38. The maximum Gasteiger partial charge on any atom is 0.232 e. The predicted octanol–water partition coefficient (Wildman–Crippen LogP) is 1.70. The van der Waals surface area contributed by atoms with Crippen molar-refractivity contribution >= 4 is 11.6 Å². The summed E-state index contributed by atoms with van der Waals surface area (Å²) in [5.74, 6) is -1.27. The standard InChI is InChI=1S/C15H12O4/c16-10-5-11(17)14(18)13-9(10)4-7-2-1-3-8-6-19-15(13)12(7)8/h2,5,15-16H,1,3-4,6H2. The van der Waals surface area contributed by atoms with Crippen LogP contribution in [0.1, 0.15) is 19.3 Å². The molecule has 4 aliphatic rings. The van der Waals surface area contributed by atoms with Gasteiger partial charge in [0.2, 0.25) is 11.6 Å². The van der Waals surface area contributed by atoms with Crippen molar-refractivity contribution in [2.45, 2.75) is 25.4 Å². The maximum absolute atomic E-state index is 12.1. The van der Waals surface area contributed by atoms with Crippen molar-refractivity contribution in [3.63, 3.8) is 0 Å². The van der Waals surface area contributed by atoms with Crippen molar-refractivity contribution in [2.24, 2.45) is 0 Å². The van der Waals surface area contributed by atoms with Gasteiger partial charge in [-0.2, -0.15) is 0 Å². The molecular weight excluding hydrogens is 244 g/mol. The largest absolute Gasteiger partial charge is 0.507 e. The zero-order valence-electron chi connectivity index (χ0n) is 10.2. The Balaban J connectivity index is 1.95. The molecule has 0 saturated carbocycles. The number of rotatable bonds is 0. The minimum Gasteiger partial charge on any atom is -0.507 e. The zero-order valence-corrected chi connectivity index (χ0v) is 10.2. The van der Waals surface area contributed by atoms with E-state index in [1.54, 1.807) is 0 Å². The highest BCUT2D eigenvalue weighted by atomic mass is 16.5. The van der Waals surface area contributed by atoms with E-state index >= 15 is 0 Å². The van der Waals surface area contributed by atoms with Crippen molar-refractivity contribution in [1.82, 2.24) is 0 Å². The fraction of sp³-hybridized carbons (Fsp3) is 0.333. The third-order valence-electron chi connectivity index (χ3n) is 4.25. The molecule has 96 valence electrons. The second kappa shape index (κ2) is 3.54. The summed E-state index contributed by atoms with van der Waals surface area (Å²) in [7, 11) is 0. The van der Waals surface area contributed by atoms with E-state index < -0.39 is 17.7 Å². The Kier molecular flexibility index (Phi) is 2.04. The smallest absolute Gasteiger partial charge is 0.232 e. The van der Waals surface area contributed by atoms with Gasteiger partial charge in [-0.1, -0.05) is 6.08 Å². The Morgan fingerprint density at radius 2 is 2.11 bits per heavy atom. The molecule has 0 aromatic carbocycles. The number of fused-ring (bicyclic) bond motifs is 1. The highest BCUT2D eigenvalue weighted by molar-refractivity contribution is 6.49. The summed E-state index contributed by atoms with van der Waals surface area (Å²) < 4.78 is 5.72. The Bertz CT molecular complexity index is 658. The van der Waals surface area contributed by atoms with Crippen LogP contribution in [0.2, 0.25) is 0 Å².